The average molecular weight is 415 g/mol. The van der Waals surface area contributed by atoms with Gasteiger partial charge in [-0.3, -0.25) is 19.1 Å². The minimum absolute atomic E-state index is 0.0298. The van der Waals surface area contributed by atoms with Crippen LogP contribution in [-0.4, -0.2) is 54.2 Å². The van der Waals surface area contributed by atoms with E-state index in [9.17, 15) is 23.9 Å². The number of halogens is 1. The van der Waals surface area contributed by atoms with Crippen molar-refractivity contribution >= 4 is 16.9 Å². The molecule has 0 radical (unpaired) electrons. The maximum absolute atomic E-state index is 13.6. The number of fused-ring (bicyclic) bond motifs is 1. The largest absolute Gasteiger partial charge is 0.389 e. The summed E-state index contributed by atoms with van der Waals surface area (Å²) in [5.74, 6) is -0.418. The van der Waals surface area contributed by atoms with Crippen LogP contribution >= 0.6 is 0 Å². The Labute approximate surface area is 170 Å². The van der Waals surface area contributed by atoms with Gasteiger partial charge in [0, 0.05) is 32.5 Å². The maximum atomic E-state index is 13.6. The lowest BCUT2D eigenvalue weighted by molar-refractivity contribution is -0.130. The van der Waals surface area contributed by atoms with E-state index in [2.05, 4.69) is 4.98 Å². The number of nitrogens with one attached hydrogen (secondary N) is 1. The number of aromatic nitrogens is 4. The average Bonchev–Trinajstić information content (AvgIpc) is 3.29. The summed E-state index contributed by atoms with van der Waals surface area (Å²) >= 11 is 0. The first-order chi connectivity index (χ1) is 14.4. The van der Waals surface area contributed by atoms with E-state index >= 15 is 0 Å². The minimum atomic E-state index is -1.12. The van der Waals surface area contributed by atoms with Gasteiger partial charge in [-0.2, -0.15) is 4.39 Å². The third-order valence-corrected chi connectivity index (χ3v) is 5.49. The van der Waals surface area contributed by atoms with Crippen molar-refractivity contribution in [3.05, 3.63) is 62.9 Å². The van der Waals surface area contributed by atoms with E-state index in [4.69, 9.17) is 0 Å². The van der Waals surface area contributed by atoms with E-state index < -0.39 is 29.2 Å². The van der Waals surface area contributed by atoms with E-state index in [-0.39, 0.29) is 25.4 Å². The maximum Gasteiger partial charge on any atom is 0.328 e. The number of carbonyl (C=O) groups excluding carboxylic acids is 1. The van der Waals surface area contributed by atoms with Crippen molar-refractivity contribution < 1.29 is 14.3 Å². The number of aryl methyl sites for hydroxylation is 2. The van der Waals surface area contributed by atoms with Gasteiger partial charge in [0.05, 0.1) is 29.4 Å². The number of likely N-dealkylation sites (tertiary alicyclic amines) is 1. The van der Waals surface area contributed by atoms with Crippen molar-refractivity contribution in [2.24, 2.45) is 0 Å². The summed E-state index contributed by atoms with van der Waals surface area (Å²) in [4.78, 5) is 43.9. The molecule has 1 aliphatic heterocycles. The summed E-state index contributed by atoms with van der Waals surface area (Å²) in [7, 11) is 0. The molecule has 3 aromatic rings. The highest BCUT2D eigenvalue weighted by Gasteiger charge is 2.36. The van der Waals surface area contributed by atoms with Gasteiger partial charge in [-0.15, -0.1) is 0 Å². The van der Waals surface area contributed by atoms with Gasteiger partial charge in [0.1, 0.15) is 5.82 Å². The number of amides is 1. The zero-order valence-electron chi connectivity index (χ0n) is 16.4. The topological polar surface area (TPSA) is 113 Å². The third-order valence-electron chi connectivity index (χ3n) is 5.49. The molecule has 4 rings (SSSR count). The van der Waals surface area contributed by atoms with E-state index in [1.54, 1.807) is 0 Å². The fourth-order valence-electron chi connectivity index (χ4n) is 3.96. The summed E-state index contributed by atoms with van der Waals surface area (Å²) in [5, 5.41) is 10.3. The molecule has 1 aliphatic rings. The van der Waals surface area contributed by atoms with Crippen LogP contribution in [-0.2, 0) is 17.8 Å². The van der Waals surface area contributed by atoms with Gasteiger partial charge in [-0.25, -0.2) is 9.78 Å². The molecule has 10 heteroatoms. The number of para-hydroxylation sites is 2. The van der Waals surface area contributed by atoms with Gasteiger partial charge in [-0.05, 0) is 12.1 Å². The number of hydrogen-bond donors (Lipinski definition) is 2. The van der Waals surface area contributed by atoms with Crippen LogP contribution in [0.3, 0.4) is 0 Å². The highest BCUT2D eigenvalue weighted by atomic mass is 19.1. The lowest BCUT2D eigenvalue weighted by Gasteiger charge is -2.18. The third kappa shape index (κ3) is 3.54. The number of imidazole rings is 1. The van der Waals surface area contributed by atoms with Crippen LogP contribution in [0.2, 0.25) is 0 Å². The predicted molar refractivity (Wildman–Crippen MR) is 107 cm³/mol. The van der Waals surface area contributed by atoms with Crippen molar-refractivity contribution in [1.82, 2.24) is 24.0 Å². The molecule has 9 nitrogen and oxygen atoms in total. The Morgan fingerprint density at radius 3 is 2.83 bits per heavy atom. The molecule has 0 saturated carbocycles. The molecule has 1 saturated heterocycles. The van der Waals surface area contributed by atoms with Gasteiger partial charge in [-0.1, -0.05) is 19.1 Å². The van der Waals surface area contributed by atoms with E-state index in [0.29, 0.717) is 6.54 Å². The number of aromatic amines is 1. The minimum Gasteiger partial charge on any atom is -0.389 e. The fraction of sp³-hybridized carbons (Fsp3) is 0.400. The van der Waals surface area contributed by atoms with Crippen molar-refractivity contribution in [3.8, 4) is 0 Å². The SMILES string of the molecule is CCc1nc2ccccc2n1CCC(=O)N1C[C@@H](O)[C@H](n2cc(F)c(=O)[nH]c2=O)C1. The first kappa shape index (κ1) is 20.0. The molecule has 3 heterocycles. The highest BCUT2D eigenvalue weighted by Crippen LogP contribution is 2.22. The van der Waals surface area contributed by atoms with E-state index in [1.807, 2.05) is 40.7 Å². The van der Waals surface area contributed by atoms with Crippen molar-refractivity contribution in [2.45, 2.75) is 38.5 Å². The fourth-order valence-corrected chi connectivity index (χ4v) is 3.96. The van der Waals surface area contributed by atoms with Crippen molar-refractivity contribution in [2.75, 3.05) is 13.1 Å². The standard InChI is InChI=1S/C20H22FN5O4/c1-2-17-22-13-5-3-4-6-14(13)25(17)8-7-18(28)24-10-15(16(27)11-24)26-9-12(21)19(29)23-20(26)30/h3-6,9,15-16,27H,2,7-8,10-11H2,1H3,(H,23,29,30)/t15-,16-/m1/s1. The van der Waals surface area contributed by atoms with Crippen LogP contribution < -0.4 is 11.2 Å². The van der Waals surface area contributed by atoms with Crippen molar-refractivity contribution in [1.29, 1.82) is 0 Å². The lowest BCUT2D eigenvalue weighted by atomic mass is 10.2. The summed E-state index contributed by atoms with van der Waals surface area (Å²) in [6.07, 6.45) is 0.654. The van der Waals surface area contributed by atoms with Crippen LogP contribution in [0.25, 0.3) is 11.0 Å². The number of H-pyrrole nitrogens is 1. The Bertz CT molecular complexity index is 1210. The normalized spacial score (nSPS) is 19.0. The molecule has 158 valence electrons. The van der Waals surface area contributed by atoms with Crippen LogP contribution in [0.4, 0.5) is 4.39 Å². The molecule has 1 fully saturated rings. The van der Waals surface area contributed by atoms with Crippen LogP contribution in [0, 0.1) is 5.82 Å². The van der Waals surface area contributed by atoms with Gasteiger partial charge in [0.2, 0.25) is 11.7 Å². The Balaban J connectivity index is 1.49. The first-order valence-corrected chi connectivity index (χ1v) is 9.80. The van der Waals surface area contributed by atoms with E-state index in [1.165, 1.54) is 4.90 Å². The molecule has 2 aromatic heterocycles. The van der Waals surface area contributed by atoms with Crippen LogP contribution in [0.15, 0.2) is 40.1 Å². The molecule has 2 atom stereocenters. The molecule has 0 bridgehead atoms. The highest BCUT2D eigenvalue weighted by molar-refractivity contribution is 5.78. The molecule has 0 aliphatic carbocycles. The molecule has 1 aromatic carbocycles. The van der Waals surface area contributed by atoms with Gasteiger partial charge in [0.15, 0.2) is 0 Å². The number of hydrogen-bond acceptors (Lipinski definition) is 5. The molecular weight excluding hydrogens is 393 g/mol. The Kier molecular flexibility index (Phi) is 5.25. The molecule has 0 unspecified atom stereocenters. The molecule has 2 N–H and O–H groups in total. The number of carbonyl (C=O) groups is 1. The van der Waals surface area contributed by atoms with E-state index in [0.717, 1.165) is 34.0 Å². The van der Waals surface area contributed by atoms with Gasteiger partial charge >= 0.3 is 5.69 Å². The first-order valence-electron chi connectivity index (χ1n) is 9.80. The zero-order valence-corrected chi connectivity index (χ0v) is 16.4. The van der Waals surface area contributed by atoms with Crippen LogP contribution in [0.1, 0.15) is 25.2 Å². The quantitative estimate of drug-likeness (QED) is 0.627. The Morgan fingerprint density at radius 1 is 1.30 bits per heavy atom. The van der Waals surface area contributed by atoms with Crippen LogP contribution in [0.5, 0.6) is 0 Å². The molecule has 1 amide bonds. The number of β-amino-alcohol motifs (C(OH)–C–C–N with tert-alkyl or cyclic N) is 1. The van der Waals surface area contributed by atoms with Crippen molar-refractivity contribution in [3.63, 3.8) is 0 Å². The number of nitrogens with zero attached hydrogens (tertiary/aromatic N) is 4. The lowest BCUT2D eigenvalue weighted by Crippen LogP contribution is -2.37. The van der Waals surface area contributed by atoms with Gasteiger partial charge in [0.25, 0.3) is 5.56 Å². The summed E-state index contributed by atoms with van der Waals surface area (Å²) in [5.41, 5.74) is -0.108. The Morgan fingerprint density at radius 2 is 2.07 bits per heavy atom. The smallest absolute Gasteiger partial charge is 0.328 e. The second kappa shape index (κ2) is 7.86. The number of aliphatic hydroxyl groups excluding tert-OH is 1. The number of rotatable bonds is 5. The Hall–Kier alpha value is -3.27. The molecule has 0 spiro atoms. The summed E-state index contributed by atoms with van der Waals surface area (Å²) < 4.78 is 16.5. The molecule has 30 heavy (non-hydrogen) atoms. The number of benzene rings is 1. The zero-order chi connectivity index (χ0) is 21.4. The summed E-state index contributed by atoms with van der Waals surface area (Å²) in [6, 6.07) is 6.89. The van der Waals surface area contributed by atoms with Gasteiger partial charge < -0.3 is 14.6 Å². The monoisotopic (exact) mass is 415 g/mol. The second-order valence-electron chi connectivity index (χ2n) is 7.35. The summed E-state index contributed by atoms with van der Waals surface area (Å²) in [6.45, 7) is 2.52. The second-order valence-corrected chi connectivity index (χ2v) is 7.35. The number of aliphatic hydroxyl groups is 1. The predicted octanol–water partition coefficient (Wildman–Crippen LogP) is 0.422. The molecular formula is C20H22FN5O4.